The lowest BCUT2D eigenvalue weighted by Gasteiger charge is -2.17. The quantitative estimate of drug-likeness (QED) is 0.0816. The number of nitrogens with zero attached hydrogens (tertiary/aromatic N) is 4. The summed E-state index contributed by atoms with van der Waals surface area (Å²) in [7, 11) is 0. The average Bonchev–Trinajstić information content (AvgIpc) is 1.58. The lowest BCUT2D eigenvalue weighted by molar-refractivity contribution is 1.18. The molecule has 0 aliphatic heterocycles. The minimum Gasteiger partial charge on any atom is -0.309 e. The third-order valence-corrected chi connectivity index (χ3v) is 29.9. The van der Waals surface area contributed by atoms with Gasteiger partial charge in [0.05, 0.1) is 66.9 Å². The van der Waals surface area contributed by atoms with Gasteiger partial charge in [0, 0.05) is 65.3 Å². The van der Waals surface area contributed by atoms with E-state index in [1.54, 1.807) is 0 Å². The van der Waals surface area contributed by atoms with Gasteiger partial charge in [0.25, 0.3) is 0 Å². The topological polar surface area (TPSA) is 19.7 Å². The molecule has 0 aliphatic rings. The van der Waals surface area contributed by atoms with E-state index >= 15 is 0 Å². The van der Waals surface area contributed by atoms with E-state index in [0.29, 0.717) is 0 Å². The summed E-state index contributed by atoms with van der Waals surface area (Å²) >= 11 is 0. The Kier molecular flexibility index (Phi) is 22.3. The fourth-order valence-electron chi connectivity index (χ4n) is 22.8. The Hall–Kier alpha value is -19.5. The molecule has 4 nitrogen and oxygen atoms in total. The third kappa shape index (κ3) is 15.9. The highest BCUT2D eigenvalue weighted by Gasteiger charge is 2.25. The van der Waals surface area contributed by atoms with Gasteiger partial charge in [0.15, 0.2) is 0 Å². The molecule has 0 atom stereocenters. The minimum absolute atomic E-state index is 1.15. The van der Waals surface area contributed by atoms with Crippen LogP contribution in [0.25, 0.3) is 266 Å². The van der Waals surface area contributed by atoms with Gasteiger partial charge in [0.1, 0.15) is 0 Å². The van der Waals surface area contributed by atoms with Gasteiger partial charge in [-0.05, 0) is 261 Å². The summed E-state index contributed by atoms with van der Waals surface area (Å²) in [6.07, 6.45) is 0. The first-order valence-electron chi connectivity index (χ1n) is 51.0. The van der Waals surface area contributed by atoms with E-state index in [2.05, 4.69) is 601 Å². The van der Waals surface area contributed by atoms with E-state index < -0.39 is 0 Å². The fraction of sp³-hybridized carbons (Fsp3) is 0. The van der Waals surface area contributed by atoms with Crippen molar-refractivity contribution in [2.75, 3.05) is 0 Å². The summed E-state index contributed by atoms with van der Waals surface area (Å²) in [4.78, 5) is 0. The van der Waals surface area contributed by atoms with Gasteiger partial charge >= 0.3 is 0 Å². The van der Waals surface area contributed by atoms with Crippen molar-refractivity contribution in [2.45, 2.75) is 0 Å². The molecule has 0 saturated carbocycles. The normalized spacial score (nSPS) is 11.5. The zero-order valence-electron chi connectivity index (χ0n) is 81.2. The Labute approximate surface area is 860 Å². The molecular weight excluding hydrogens is 1790 g/mol. The van der Waals surface area contributed by atoms with E-state index in [9.17, 15) is 0 Å². The van der Waals surface area contributed by atoms with Crippen molar-refractivity contribution in [3.63, 3.8) is 0 Å². The molecule has 4 aromatic heterocycles. The van der Waals surface area contributed by atoms with E-state index in [-0.39, 0.29) is 0 Å². The van der Waals surface area contributed by atoms with Crippen LogP contribution in [-0.4, -0.2) is 18.3 Å². The largest absolute Gasteiger partial charge is 0.309 e. The van der Waals surface area contributed by atoms with Gasteiger partial charge in [-0.2, -0.15) is 0 Å². The average molecular weight is 1880 g/mol. The molecule has 28 aromatic rings. The molecule has 28 rings (SSSR count). The van der Waals surface area contributed by atoms with Gasteiger partial charge in [-0.25, -0.2) is 0 Å². The summed E-state index contributed by atoms with van der Waals surface area (Å²) in [5, 5.41) is 9.87. The maximum absolute atomic E-state index is 2.47. The first kappa shape index (κ1) is 87.5. The van der Waals surface area contributed by atoms with Gasteiger partial charge in [-0.1, -0.05) is 455 Å². The number of hydrogen-bond donors (Lipinski definition) is 0. The van der Waals surface area contributed by atoms with Crippen LogP contribution in [0, 0.1) is 0 Å². The first-order valence-corrected chi connectivity index (χ1v) is 51.0. The minimum atomic E-state index is 1.15. The molecule has 0 saturated heterocycles. The second kappa shape index (κ2) is 37.7. The first-order chi connectivity index (χ1) is 73.4. The molecule has 0 N–H and O–H groups in total. The Morgan fingerprint density at radius 1 is 0.0811 bits per heavy atom. The van der Waals surface area contributed by atoms with Crippen LogP contribution in [0.2, 0.25) is 0 Å². The predicted octanol–water partition coefficient (Wildman–Crippen LogP) is 39.1. The molecule has 4 heteroatoms. The van der Waals surface area contributed by atoms with Gasteiger partial charge in [-0.15, -0.1) is 0 Å². The highest BCUT2D eigenvalue weighted by molar-refractivity contribution is 6.16. The SMILES string of the molecule is c1ccc(-c2cccc(-c3cccc(-c4ccc(-c5cccc(-c6ccccc6-n6c7ccccc7c7cc(-c8ccc9c(c8)c8ccccc8n9-c8ccccc8-c8ccccc8)ccc76)c5)cc4)c3)c2)cc1.c1ccc(-c2cccc(-c3cccc(-c4ccc(-c5ccccc5-c5ccccc5-n5c6ccccc6c6cc(-c7ccc8c(c7)c7ccccc7n8-c7ccccc7-c7ccccc7)ccc65)cc4)c3)c2)cc1. The fourth-order valence-corrected chi connectivity index (χ4v) is 22.8. The molecule has 692 valence electrons. The molecule has 0 unspecified atom stereocenters. The van der Waals surface area contributed by atoms with E-state index in [4.69, 9.17) is 0 Å². The van der Waals surface area contributed by atoms with Crippen LogP contribution in [0.1, 0.15) is 0 Å². The second-order valence-corrected chi connectivity index (χ2v) is 38.5. The molecule has 0 spiro atoms. The molecule has 4 heterocycles. The third-order valence-electron chi connectivity index (χ3n) is 29.9. The van der Waals surface area contributed by atoms with Crippen molar-refractivity contribution in [2.24, 2.45) is 0 Å². The van der Waals surface area contributed by atoms with Crippen LogP contribution >= 0.6 is 0 Å². The second-order valence-electron chi connectivity index (χ2n) is 38.5. The van der Waals surface area contributed by atoms with Gasteiger partial charge in [-0.3, -0.25) is 0 Å². The summed E-state index contributed by atoms with van der Waals surface area (Å²) in [6.45, 7) is 0. The monoisotopic (exact) mass is 1880 g/mol. The molecule has 0 radical (unpaired) electrons. The highest BCUT2D eigenvalue weighted by Crippen LogP contribution is 2.48. The van der Waals surface area contributed by atoms with Crippen LogP contribution in [0.4, 0.5) is 0 Å². The number of para-hydroxylation sites is 8. The summed E-state index contributed by atoms with van der Waals surface area (Å²) in [5.41, 5.74) is 47.7. The molecule has 0 aliphatic carbocycles. The van der Waals surface area contributed by atoms with Crippen LogP contribution in [0.5, 0.6) is 0 Å². The molecule has 24 aromatic carbocycles. The number of benzene rings is 24. The Morgan fingerprint density at radius 2 is 0.250 bits per heavy atom. The number of hydrogen-bond acceptors (Lipinski definition) is 0. The molecule has 0 fully saturated rings. The van der Waals surface area contributed by atoms with Crippen molar-refractivity contribution >= 4 is 87.2 Å². The van der Waals surface area contributed by atoms with Crippen molar-refractivity contribution in [1.29, 1.82) is 0 Å². The van der Waals surface area contributed by atoms with Crippen molar-refractivity contribution in [3.8, 4) is 179 Å². The van der Waals surface area contributed by atoms with Crippen molar-refractivity contribution in [3.05, 3.63) is 582 Å². The zero-order chi connectivity index (χ0) is 97.9. The van der Waals surface area contributed by atoms with Crippen LogP contribution in [0.3, 0.4) is 0 Å². The molecule has 148 heavy (non-hydrogen) atoms. The Morgan fingerprint density at radius 3 is 0.554 bits per heavy atom. The number of rotatable bonds is 18. The van der Waals surface area contributed by atoms with Gasteiger partial charge in [0.2, 0.25) is 0 Å². The number of fused-ring (bicyclic) bond motifs is 12. The van der Waals surface area contributed by atoms with Gasteiger partial charge < -0.3 is 18.3 Å². The van der Waals surface area contributed by atoms with Crippen molar-refractivity contribution < 1.29 is 0 Å². The Bertz CT molecular complexity index is 9950. The van der Waals surface area contributed by atoms with Crippen LogP contribution in [-0.2, 0) is 0 Å². The molecular formula is C144H96N4. The maximum atomic E-state index is 2.47. The number of aromatic nitrogens is 4. The lowest BCUT2D eigenvalue weighted by atomic mass is 9.92. The summed E-state index contributed by atoms with van der Waals surface area (Å²) < 4.78 is 9.79. The lowest BCUT2D eigenvalue weighted by Crippen LogP contribution is -1.98. The van der Waals surface area contributed by atoms with E-state index in [1.165, 1.54) is 254 Å². The van der Waals surface area contributed by atoms with Crippen LogP contribution in [0.15, 0.2) is 582 Å². The summed E-state index contributed by atoms with van der Waals surface area (Å²) in [5.74, 6) is 0. The van der Waals surface area contributed by atoms with E-state index in [0.717, 1.165) is 11.4 Å². The van der Waals surface area contributed by atoms with E-state index in [1.807, 2.05) is 0 Å². The molecule has 0 amide bonds. The molecule has 0 bridgehead atoms. The van der Waals surface area contributed by atoms with Crippen LogP contribution < -0.4 is 0 Å². The van der Waals surface area contributed by atoms with Crippen molar-refractivity contribution in [1.82, 2.24) is 18.3 Å². The zero-order valence-corrected chi connectivity index (χ0v) is 81.2. The highest BCUT2D eigenvalue weighted by atomic mass is 15.0. The summed E-state index contributed by atoms with van der Waals surface area (Å²) in [6, 6.07) is 213. The smallest absolute Gasteiger partial charge is 0.0541 e. The standard InChI is InChI=1S/2C72H48N2/c1-3-18-49(19-4-1)53-22-15-25-56(44-53)57-26-16-23-54(45-57)50-36-38-51(39-37-50)55-24-17-27-60(46-55)62-29-8-12-33-68(62)74-70-35-14-10-31-64(70)66-48-59(41-43-72(66)74)58-40-42-71-65(47-58)63-30-9-13-34-69(63)73(71)67-32-11-7-28-61(67)52-20-5-2-6-21-52;1-3-19-49(20-4-1)53-23-17-25-55(45-53)56-26-18-24-54(46-56)50-37-39-52(40-38-50)59-27-7-8-29-61(59)62-30-10-14-34-68(62)74-70-36-16-12-32-64(70)66-48-58(42-44-72(66)74)57-41-43-71-65(47-57)63-31-11-15-35-69(63)73(71)67-33-13-9-28-60(67)51-21-5-2-6-22-51/h2*1-48H. The maximum Gasteiger partial charge on any atom is 0.0541 e. The predicted molar refractivity (Wildman–Crippen MR) is 626 cm³/mol. The Balaban J connectivity index is 0.000000146.